The maximum absolute atomic E-state index is 13.6. The van der Waals surface area contributed by atoms with E-state index >= 15 is 0 Å². The second-order valence-electron chi connectivity index (χ2n) is 9.66. The largest absolute Gasteiger partial charge is 0.335 e. The smallest absolute Gasteiger partial charge is 0.318 e. The summed E-state index contributed by atoms with van der Waals surface area (Å²) < 4.78 is 13.4. The first kappa shape index (κ1) is 24.7. The van der Waals surface area contributed by atoms with Gasteiger partial charge in [0.1, 0.15) is 12.4 Å². The van der Waals surface area contributed by atoms with Gasteiger partial charge < -0.3 is 15.1 Å². The number of benzene rings is 1. The summed E-state index contributed by atoms with van der Waals surface area (Å²) in [5, 5.41) is 5.24. The monoisotopic (exact) mass is 485 g/mol. The summed E-state index contributed by atoms with van der Waals surface area (Å²) in [6, 6.07) is 10.5. The number of nitrogens with zero attached hydrogens (tertiary/aromatic N) is 2. The lowest BCUT2D eigenvalue weighted by molar-refractivity contribution is -0.133. The van der Waals surface area contributed by atoms with Crippen LogP contribution in [0.4, 0.5) is 9.18 Å². The first-order valence-electron chi connectivity index (χ1n) is 12.7. The van der Waals surface area contributed by atoms with Gasteiger partial charge in [0.25, 0.3) is 0 Å². The van der Waals surface area contributed by atoms with Crippen LogP contribution in [-0.4, -0.2) is 40.4 Å². The number of thiophene rings is 1. The third-order valence-corrected chi connectivity index (χ3v) is 7.94. The zero-order chi connectivity index (χ0) is 23.8. The molecule has 34 heavy (non-hydrogen) atoms. The quantitative estimate of drug-likeness (QED) is 0.492. The molecule has 4 rings (SSSR count). The number of hydrogen-bond donors (Lipinski definition) is 1. The predicted octanol–water partition coefficient (Wildman–Crippen LogP) is 6.09. The van der Waals surface area contributed by atoms with Gasteiger partial charge in [0.05, 0.1) is 6.54 Å². The zero-order valence-electron chi connectivity index (χ0n) is 19.9. The standard InChI is InChI=1S/C27H36FN3O2S/c28-22-15-13-21(14-16-22)18-30(19-25-12-7-17-34-25)26(32)20-31(24-10-5-2-6-11-24)27(33)29-23-8-3-1-4-9-23/h7,12-17,23-24H,1-6,8-11,18-20H2,(H,29,33). The molecule has 0 bridgehead atoms. The van der Waals surface area contributed by atoms with Gasteiger partial charge in [-0.15, -0.1) is 11.3 Å². The molecule has 2 aliphatic carbocycles. The van der Waals surface area contributed by atoms with Gasteiger partial charge in [0.2, 0.25) is 5.91 Å². The molecule has 2 fully saturated rings. The van der Waals surface area contributed by atoms with Crippen LogP contribution in [0.2, 0.25) is 0 Å². The first-order valence-corrected chi connectivity index (χ1v) is 13.6. The van der Waals surface area contributed by atoms with E-state index in [-0.39, 0.29) is 36.4 Å². The third-order valence-electron chi connectivity index (χ3n) is 7.08. The minimum Gasteiger partial charge on any atom is -0.335 e. The predicted molar refractivity (Wildman–Crippen MR) is 134 cm³/mol. The van der Waals surface area contributed by atoms with Crippen molar-refractivity contribution in [2.75, 3.05) is 6.54 Å². The molecule has 0 aliphatic heterocycles. The van der Waals surface area contributed by atoms with Gasteiger partial charge in [0, 0.05) is 23.5 Å². The van der Waals surface area contributed by atoms with Crippen molar-refractivity contribution in [1.29, 1.82) is 0 Å². The summed E-state index contributed by atoms with van der Waals surface area (Å²) in [6.07, 6.45) is 10.9. The van der Waals surface area contributed by atoms with Gasteiger partial charge in [-0.05, 0) is 54.8 Å². The molecule has 1 aromatic carbocycles. The molecule has 3 amide bonds. The highest BCUT2D eigenvalue weighted by Crippen LogP contribution is 2.25. The molecule has 184 valence electrons. The summed E-state index contributed by atoms with van der Waals surface area (Å²) >= 11 is 1.61. The Kier molecular flexibility index (Phi) is 8.97. The van der Waals surface area contributed by atoms with Crippen molar-refractivity contribution in [3.05, 3.63) is 58.0 Å². The van der Waals surface area contributed by atoms with E-state index in [1.807, 2.05) is 22.4 Å². The Bertz CT molecular complexity index is 906. The van der Waals surface area contributed by atoms with E-state index in [9.17, 15) is 14.0 Å². The molecule has 0 unspecified atom stereocenters. The van der Waals surface area contributed by atoms with Crippen LogP contribution in [0.15, 0.2) is 41.8 Å². The molecule has 2 aliphatic rings. The number of hydrogen-bond acceptors (Lipinski definition) is 3. The third kappa shape index (κ3) is 7.05. The fourth-order valence-electron chi connectivity index (χ4n) is 5.14. The van der Waals surface area contributed by atoms with E-state index in [4.69, 9.17) is 0 Å². The molecular weight excluding hydrogens is 449 g/mol. The van der Waals surface area contributed by atoms with Gasteiger partial charge >= 0.3 is 6.03 Å². The Balaban J connectivity index is 1.49. The normalized spacial score (nSPS) is 17.3. The average molecular weight is 486 g/mol. The highest BCUT2D eigenvalue weighted by atomic mass is 32.1. The molecule has 2 aromatic rings. The zero-order valence-corrected chi connectivity index (χ0v) is 20.7. The van der Waals surface area contributed by atoms with Crippen LogP contribution in [-0.2, 0) is 17.9 Å². The minimum absolute atomic E-state index is 0.0675. The summed E-state index contributed by atoms with van der Waals surface area (Å²) in [7, 11) is 0. The van der Waals surface area contributed by atoms with Crippen LogP contribution in [0, 0.1) is 5.82 Å². The molecule has 0 atom stereocenters. The number of nitrogens with one attached hydrogen (secondary N) is 1. The molecule has 0 saturated heterocycles. The number of halogens is 1. The number of amides is 3. The van der Waals surface area contributed by atoms with E-state index in [0.717, 1.165) is 61.8 Å². The van der Waals surface area contributed by atoms with Gasteiger partial charge in [-0.1, -0.05) is 56.7 Å². The number of carbonyl (C=O) groups is 2. The lowest BCUT2D eigenvalue weighted by Gasteiger charge is -2.37. The summed E-state index contributed by atoms with van der Waals surface area (Å²) in [5.74, 6) is -0.357. The van der Waals surface area contributed by atoms with Crippen molar-refractivity contribution < 1.29 is 14.0 Å². The van der Waals surface area contributed by atoms with Crippen LogP contribution < -0.4 is 5.32 Å². The first-order chi connectivity index (χ1) is 16.6. The SMILES string of the molecule is O=C(CN(C(=O)NC1CCCCC1)C1CCCCC1)N(Cc1ccc(F)cc1)Cc1cccs1. The number of carbonyl (C=O) groups excluding carboxylic acids is 2. The van der Waals surface area contributed by atoms with Crippen molar-refractivity contribution in [2.24, 2.45) is 0 Å². The Labute approximate surface area is 206 Å². The average Bonchev–Trinajstić information content (AvgIpc) is 3.37. The van der Waals surface area contributed by atoms with Crippen molar-refractivity contribution in [1.82, 2.24) is 15.1 Å². The maximum Gasteiger partial charge on any atom is 0.318 e. The molecule has 1 heterocycles. The Morgan fingerprint density at radius 1 is 0.912 bits per heavy atom. The van der Waals surface area contributed by atoms with Crippen LogP contribution >= 0.6 is 11.3 Å². The van der Waals surface area contributed by atoms with E-state index < -0.39 is 0 Å². The molecule has 2 saturated carbocycles. The topological polar surface area (TPSA) is 52.7 Å². The highest BCUT2D eigenvalue weighted by Gasteiger charge is 2.30. The molecule has 7 heteroatoms. The fourth-order valence-corrected chi connectivity index (χ4v) is 5.86. The molecule has 1 N–H and O–H groups in total. The van der Waals surface area contributed by atoms with E-state index in [2.05, 4.69) is 5.32 Å². The van der Waals surface area contributed by atoms with Crippen LogP contribution in [0.25, 0.3) is 0 Å². The minimum atomic E-state index is -0.289. The van der Waals surface area contributed by atoms with Gasteiger partial charge in [-0.3, -0.25) is 4.79 Å². The maximum atomic E-state index is 13.6. The van der Waals surface area contributed by atoms with Crippen LogP contribution in [0.3, 0.4) is 0 Å². The Hall–Kier alpha value is -2.41. The summed E-state index contributed by atoms with van der Waals surface area (Å²) in [5.41, 5.74) is 0.877. The Morgan fingerprint density at radius 2 is 1.59 bits per heavy atom. The number of rotatable bonds is 8. The van der Waals surface area contributed by atoms with Crippen molar-refractivity contribution in [2.45, 2.75) is 89.4 Å². The summed E-state index contributed by atoms with van der Waals surface area (Å²) in [4.78, 5) is 31.7. The second kappa shape index (κ2) is 12.3. The fraction of sp³-hybridized carbons (Fsp3) is 0.556. The molecule has 0 radical (unpaired) electrons. The van der Waals surface area contributed by atoms with Crippen LogP contribution in [0.1, 0.15) is 74.6 Å². The molecular formula is C27H36FN3O2S. The van der Waals surface area contributed by atoms with Gasteiger partial charge in [-0.25, -0.2) is 9.18 Å². The van der Waals surface area contributed by atoms with Crippen molar-refractivity contribution in [3.63, 3.8) is 0 Å². The lowest BCUT2D eigenvalue weighted by atomic mass is 9.94. The van der Waals surface area contributed by atoms with Crippen LogP contribution in [0.5, 0.6) is 0 Å². The van der Waals surface area contributed by atoms with Gasteiger partial charge in [-0.2, -0.15) is 0 Å². The van der Waals surface area contributed by atoms with E-state index in [0.29, 0.717) is 13.1 Å². The second-order valence-corrected chi connectivity index (χ2v) is 10.7. The molecule has 0 spiro atoms. The van der Waals surface area contributed by atoms with Gasteiger partial charge in [0.15, 0.2) is 0 Å². The van der Waals surface area contributed by atoms with Crippen molar-refractivity contribution in [3.8, 4) is 0 Å². The molecule has 1 aromatic heterocycles. The molecule has 5 nitrogen and oxygen atoms in total. The van der Waals surface area contributed by atoms with Crippen molar-refractivity contribution >= 4 is 23.3 Å². The Morgan fingerprint density at radius 3 is 2.24 bits per heavy atom. The highest BCUT2D eigenvalue weighted by molar-refractivity contribution is 7.09. The number of urea groups is 1. The summed E-state index contributed by atoms with van der Waals surface area (Å²) in [6.45, 7) is 0.951. The van der Waals surface area contributed by atoms with E-state index in [1.54, 1.807) is 28.4 Å². The van der Waals surface area contributed by atoms with E-state index in [1.165, 1.54) is 25.0 Å². The lowest BCUT2D eigenvalue weighted by Crippen LogP contribution is -2.53.